The van der Waals surface area contributed by atoms with Crippen molar-refractivity contribution in [3.8, 4) is 0 Å². The zero-order chi connectivity index (χ0) is 13.1. The Morgan fingerprint density at radius 1 is 1.41 bits per heavy atom. The first kappa shape index (κ1) is 14.0. The topological polar surface area (TPSA) is 69.6 Å². The van der Waals surface area contributed by atoms with Crippen LogP contribution in [0.25, 0.3) is 0 Å². The minimum absolute atomic E-state index is 0.324. The number of benzene rings is 1. The van der Waals surface area contributed by atoms with Crippen LogP contribution < -0.4 is 5.32 Å². The molecule has 0 aliphatic rings. The molecule has 94 valence electrons. The Balaban J connectivity index is 2.90. The highest BCUT2D eigenvalue weighted by molar-refractivity contribution is 6.33. The highest BCUT2D eigenvalue weighted by Gasteiger charge is 2.25. The zero-order valence-electron chi connectivity index (χ0n) is 9.83. The number of carbonyl (C=O) groups excluding carboxylic acids is 1. The van der Waals surface area contributed by atoms with Crippen molar-refractivity contribution in [2.45, 2.75) is 19.4 Å². The van der Waals surface area contributed by atoms with Crippen LogP contribution >= 0.6 is 11.6 Å². The monoisotopic (exact) mass is 257 g/mol. The fraction of sp³-hybridized carbons (Fsp3) is 0.417. The molecule has 0 aliphatic heterocycles. The first-order valence-electron chi connectivity index (χ1n) is 5.22. The number of hydrogen-bond acceptors (Lipinski definition) is 3. The molecule has 0 fully saturated rings. The molecule has 3 N–H and O–H groups in total. The Morgan fingerprint density at radius 3 is 2.47 bits per heavy atom. The summed E-state index contributed by atoms with van der Waals surface area (Å²) < 4.78 is 0. The first-order chi connectivity index (χ1) is 7.91. The molecule has 0 radical (unpaired) electrons. The Morgan fingerprint density at radius 2 is 2.00 bits per heavy atom. The van der Waals surface area contributed by atoms with Gasteiger partial charge in [-0.2, -0.15) is 0 Å². The van der Waals surface area contributed by atoms with Gasteiger partial charge in [-0.05, 0) is 31.5 Å². The third-order valence-corrected chi connectivity index (χ3v) is 2.80. The molecule has 0 aliphatic carbocycles. The van der Waals surface area contributed by atoms with Crippen molar-refractivity contribution in [2.24, 2.45) is 0 Å². The Kier molecular flexibility index (Phi) is 4.51. The Bertz CT molecular complexity index is 416. The summed E-state index contributed by atoms with van der Waals surface area (Å²) in [6.45, 7) is 2.73. The number of rotatable bonds is 4. The molecule has 0 spiro atoms. The summed E-state index contributed by atoms with van der Waals surface area (Å²) >= 11 is 5.95. The molecule has 0 bridgehead atoms. The maximum atomic E-state index is 11.9. The van der Waals surface area contributed by atoms with E-state index in [9.17, 15) is 4.79 Å². The third-order valence-electron chi connectivity index (χ3n) is 2.48. The van der Waals surface area contributed by atoms with Gasteiger partial charge in [0.1, 0.15) is 0 Å². The summed E-state index contributed by atoms with van der Waals surface area (Å²) in [7, 11) is 0. The van der Waals surface area contributed by atoms with Gasteiger partial charge < -0.3 is 15.5 Å². The second-order valence-electron chi connectivity index (χ2n) is 4.31. The molecule has 0 aromatic heterocycles. The lowest BCUT2D eigenvalue weighted by Crippen LogP contribution is -2.51. The summed E-state index contributed by atoms with van der Waals surface area (Å²) in [5, 5.41) is 21.1. The minimum Gasteiger partial charge on any atom is -0.394 e. The van der Waals surface area contributed by atoms with E-state index < -0.39 is 11.4 Å². The van der Waals surface area contributed by atoms with E-state index in [2.05, 4.69) is 5.32 Å². The molecular weight excluding hydrogens is 242 g/mol. The van der Waals surface area contributed by atoms with Gasteiger partial charge >= 0.3 is 0 Å². The normalized spacial score (nSPS) is 11.4. The molecule has 5 heteroatoms. The number of halogens is 1. The molecule has 0 unspecified atom stereocenters. The summed E-state index contributed by atoms with van der Waals surface area (Å²) in [6.07, 6.45) is 0. The number of aryl methyl sites for hydroxylation is 1. The molecule has 17 heavy (non-hydrogen) atoms. The smallest absolute Gasteiger partial charge is 0.253 e. The van der Waals surface area contributed by atoms with E-state index in [1.165, 1.54) is 0 Å². The van der Waals surface area contributed by atoms with Crippen molar-refractivity contribution in [3.05, 3.63) is 34.3 Å². The van der Waals surface area contributed by atoms with E-state index in [1.807, 2.05) is 6.92 Å². The largest absolute Gasteiger partial charge is 0.394 e. The van der Waals surface area contributed by atoms with Gasteiger partial charge in [0.2, 0.25) is 0 Å². The molecule has 0 saturated carbocycles. The van der Waals surface area contributed by atoms with Gasteiger partial charge in [-0.25, -0.2) is 0 Å². The van der Waals surface area contributed by atoms with Crippen LogP contribution in [0.15, 0.2) is 18.2 Å². The van der Waals surface area contributed by atoms with E-state index in [1.54, 1.807) is 25.1 Å². The van der Waals surface area contributed by atoms with Crippen LogP contribution in [0.3, 0.4) is 0 Å². The molecule has 4 nitrogen and oxygen atoms in total. The summed E-state index contributed by atoms with van der Waals surface area (Å²) in [4.78, 5) is 11.9. The van der Waals surface area contributed by atoms with Gasteiger partial charge in [0.15, 0.2) is 0 Å². The maximum absolute atomic E-state index is 11.9. The molecule has 1 aromatic rings. The second-order valence-corrected chi connectivity index (χ2v) is 4.72. The summed E-state index contributed by atoms with van der Waals surface area (Å²) in [5.74, 6) is -0.416. The highest BCUT2D eigenvalue weighted by Crippen LogP contribution is 2.18. The fourth-order valence-corrected chi connectivity index (χ4v) is 1.60. The van der Waals surface area contributed by atoms with Crippen LogP contribution in [0.2, 0.25) is 5.02 Å². The number of amides is 1. The number of carbonyl (C=O) groups is 1. The molecule has 0 atom stereocenters. The Labute approximate surface area is 105 Å². The van der Waals surface area contributed by atoms with E-state index >= 15 is 0 Å². The van der Waals surface area contributed by atoms with Crippen LogP contribution in [0.1, 0.15) is 22.8 Å². The van der Waals surface area contributed by atoms with Crippen molar-refractivity contribution in [3.63, 3.8) is 0 Å². The lowest BCUT2D eigenvalue weighted by molar-refractivity contribution is 0.0724. The van der Waals surface area contributed by atoms with E-state index in [0.29, 0.717) is 10.6 Å². The highest BCUT2D eigenvalue weighted by atomic mass is 35.5. The number of nitrogens with one attached hydrogen (secondary N) is 1. The minimum atomic E-state index is -1.05. The first-order valence-corrected chi connectivity index (χ1v) is 5.60. The number of aliphatic hydroxyl groups is 2. The standard InChI is InChI=1S/C12H16ClNO3/c1-8-3-4-9(10(13)5-8)11(17)14-12(2,6-15)7-16/h3-5,15-16H,6-7H2,1-2H3,(H,14,17). The van der Waals surface area contributed by atoms with Gasteiger partial charge in [-0.3, -0.25) is 4.79 Å². The van der Waals surface area contributed by atoms with Gasteiger partial charge in [0.25, 0.3) is 5.91 Å². The average molecular weight is 258 g/mol. The third kappa shape index (κ3) is 3.43. The van der Waals surface area contributed by atoms with Gasteiger partial charge in [-0.15, -0.1) is 0 Å². The van der Waals surface area contributed by atoms with E-state index in [4.69, 9.17) is 21.8 Å². The average Bonchev–Trinajstić information content (AvgIpc) is 2.28. The lowest BCUT2D eigenvalue weighted by Gasteiger charge is -2.26. The maximum Gasteiger partial charge on any atom is 0.253 e. The lowest BCUT2D eigenvalue weighted by atomic mass is 10.0. The molecule has 0 saturated heterocycles. The zero-order valence-corrected chi connectivity index (χ0v) is 10.6. The SMILES string of the molecule is Cc1ccc(C(=O)NC(C)(CO)CO)c(Cl)c1. The van der Waals surface area contributed by atoms with Crippen molar-refractivity contribution in [1.82, 2.24) is 5.32 Å². The molecule has 1 aromatic carbocycles. The van der Waals surface area contributed by atoms with Crippen molar-refractivity contribution in [2.75, 3.05) is 13.2 Å². The van der Waals surface area contributed by atoms with Gasteiger partial charge in [0, 0.05) is 0 Å². The van der Waals surface area contributed by atoms with Crippen LogP contribution in [0.5, 0.6) is 0 Å². The van der Waals surface area contributed by atoms with E-state index in [0.717, 1.165) is 5.56 Å². The Hall–Kier alpha value is -1.10. The van der Waals surface area contributed by atoms with Crippen LogP contribution in [-0.4, -0.2) is 34.9 Å². The fourth-order valence-electron chi connectivity index (χ4n) is 1.27. The quantitative estimate of drug-likeness (QED) is 0.757. The second kappa shape index (κ2) is 5.49. The van der Waals surface area contributed by atoms with Crippen molar-refractivity contribution in [1.29, 1.82) is 0 Å². The van der Waals surface area contributed by atoms with Crippen molar-refractivity contribution >= 4 is 17.5 Å². The number of aliphatic hydroxyl groups excluding tert-OH is 2. The summed E-state index contributed by atoms with van der Waals surface area (Å²) in [5.41, 5.74) is 0.231. The number of hydrogen-bond donors (Lipinski definition) is 3. The predicted octanol–water partition coefficient (Wildman–Crippen LogP) is 1.12. The van der Waals surface area contributed by atoms with Crippen LogP contribution in [-0.2, 0) is 0 Å². The van der Waals surface area contributed by atoms with E-state index in [-0.39, 0.29) is 13.2 Å². The molecular formula is C12H16ClNO3. The summed E-state index contributed by atoms with van der Waals surface area (Å²) in [6, 6.07) is 5.07. The molecule has 0 heterocycles. The van der Waals surface area contributed by atoms with Crippen LogP contribution in [0.4, 0.5) is 0 Å². The van der Waals surface area contributed by atoms with Gasteiger partial charge in [0.05, 0.1) is 29.3 Å². The molecule has 1 amide bonds. The van der Waals surface area contributed by atoms with Crippen molar-refractivity contribution < 1.29 is 15.0 Å². The van der Waals surface area contributed by atoms with Gasteiger partial charge in [-0.1, -0.05) is 17.7 Å². The molecule has 1 rings (SSSR count). The predicted molar refractivity (Wildman–Crippen MR) is 66.2 cm³/mol. The van der Waals surface area contributed by atoms with Crippen LogP contribution in [0, 0.1) is 6.92 Å².